The number of carbonyl (C=O) groups is 1. The third kappa shape index (κ3) is 6.06. The Morgan fingerprint density at radius 2 is 1.91 bits per heavy atom. The molecule has 4 heteroatoms. The molecule has 0 atom stereocenters. The molecule has 0 bridgehead atoms. The summed E-state index contributed by atoms with van der Waals surface area (Å²) in [5.41, 5.74) is 0.728. The van der Waals surface area contributed by atoms with Gasteiger partial charge in [0, 0.05) is 25.7 Å². The van der Waals surface area contributed by atoms with Crippen molar-refractivity contribution < 1.29 is 9.53 Å². The highest BCUT2D eigenvalue weighted by Gasteiger charge is 2.28. The zero-order valence-corrected chi connectivity index (χ0v) is 14.5. The highest BCUT2D eigenvalue weighted by Crippen LogP contribution is 2.19. The van der Waals surface area contributed by atoms with Crippen molar-refractivity contribution in [3.8, 4) is 0 Å². The quantitative estimate of drug-likeness (QED) is 0.727. The number of likely N-dealkylation sites (N-methyl/N-ethyl adjacent to an activating group) is 1. The number of ether oxygens (including phenoxy) is 1. The molecule has 1 rings (SSSR count). The molecular formula is C18H30N2O2. The van der Waals surface area contributed by atoms with Crippen LogP contribution >= 0.6 is 0 Å². The smallest absolute Gasteiger partial charge is 0.410 e. The maximum Gasteiger partial charge on any atom is 0.410 e. The number of nitrogens with zero attached hydrogens (tertiary/aromatic N) is 2. The van der Waals surface area contributed by atoms with Gasteiger partial charge in [-0.2, -0.15) is 0 Å². The molecule has 0 aliphatic carbocycles. The number of allylic oxidation sites excluding steroid dienone is 2. The number of hydrogen-bond donors (Lipinski definition) is 0. The van der Waals surface area contributed by atoms with Crippen LogP contribution in [0, 0.1) is 0 Å². The maximum absolute atomic E-state index is 12.1. The summed E-state index contributed by atoms with van der Waals surface area (Å²) in [6, 6.07) is 0.479. The molecule has 1 aliphatic rings. The van der Waals surface area contributed by atoms with Gasteiger partial charge in [-0.15, -0.1) is 0 Å². The van der Waals surface area contributed by atoms with E-state index in [1.807, 2.05) is 37.8 Å². The normalized spacial score (nSPS) is 17.5. The van der Waals surface area contributed by atoms with Crippen molar-refractivity contribution >= 4 is 6.09 Å². The highest BCUT2D eigenvalue weighted by molar-refractivity contribution is 5.68. The van der Waals surface area contributed by atoms with Gasteiger partial charge in [0.05, 0.1) is 0 Å². The van der Waals surface area contributed by atoms with Crippen molar-refractivity contribution in [2.45, 2.75) is 45.3 Å². The zero-order chi connectivity index (χ0) is 16.8. The fraction of sp³-hybridized carbons (Fsp3) is 0.611. The van der Waals surface area contributed by atoms with E-state index in [0.29, 0.717) is 6.04 Å². The summed E-state index contributed by atoms with van der Waals surface area (Å²) in [7, 11) is 2.12. The van der Waals surface area contributed by atoms with E-state index < -0.39 is 5.60 Å². The minimum Gasteiger partial charge on any atom is -0.444 e. The van der Waals surface area contributed by atoms with Crippen LogP contribution in [0.2, 0.25) is 0 Å². The Kier molecular flexibility index (Phi) is 6.88. The van der Waals surface area contributed by atoms with Gasteiger partial charge in [-0.05, 0) is 46.2 Å². The van der Waals surface area contributed by atoms with Crippen LogP contribution in [0.4, 0.5) is 4.79 Å². The number of amides is 1. The van der Waals surface area contributed by atoms with Gasteiger partial charge in [0.25, 0.3) is 0 Å². The first-order valence-electron chi connectivity index (χ1n) is 7.89. The topological polar surface area (TPSA) is 32.8 Å². The Balaban J connectivity index is 2.47. The van der Waals surface area contributed by atoms with Gasteiger partial charge in [0.1, 0.15) is 5.60 Å². The van der Waals surface area contributed by atoms with E-state index in [1.54, 1.807) is 6.08 Å². The third-order valence-corrected chi connectivity index (χ3v) is 3.77. The van der Waals surface area contributed by atoms with Crippen molar-refractivity contribution in [1.82, 2.24) is 9.80 Å². The van der Waals surface area contributed by atoms with Crippen LogP contribution in [0.15, 0.2) is 37.0 Å². The highest BCUT2D eigenvalue weighted by atomic mass is 16.6. The molecule has 0 unspecified atom stereocenters. The Bertz CT molecular complexity index is 427. The summed E-state index contributed by atoms with van der Waals surface area (Å²) < 4.78 is 5.43. The van der Waals surface area contributed by atoms with E-state index >= 15 is 0 Å². The standard InChI is InChI=1S/C18H30N2O2/c1-7-9-15(8-2)14-19(6)16-10-12-20(13-11-16)17(21)22-18(3,4)5/h7-9,16H,1-2,10-14H2,3-6H3/b15-9+. The number of rotatable bonds is 5. The van der Waals surface area contributed by atoms with Crippen LogP contribution < -0.4 is 0 Å². The first-order chi connectivity index (χ1) is 10.3. The Morgan fingerprint density at radius 3 is 2.36 bits per heavy atom. The molecule has 1 amide bonds. The molecule has 124 valence electrons. The number of likely N-dealkylation sites (tertiary alicyclic amines) is 1. The van der Waals surface area contributed by atoms with Gasteiger partial charge in [-0.3, -0.25) is 4.90 Å². The Hall–Kier alpha value is -1.55. The van der Waals surface area contributed by atoms with Gasteiger partial charge in [-0.25, -0.2) is 4.79 Å². The van der Waals surface area contributed by atoms with Crippen LogP contribution in [0.1, 0.15) is 33.6 Å². The second kappa shape index (κ2) is 8.18. The lowest BCUT2D eigenvalue weighted by Crippen LogP contribution is -2.47. The predicted molar refractivity (Wildman–Crippen MR) is 91.9 cm³/mol. The molecule has 4 nitrogen and oxygen atoms in total. The van der Waals surface area contributed by atoms with E-state index in [-0.39, 0.29) is 6.09 Å². The van der Waals surface area contributed by atoms with Crippen molar-refractivity contribution in [3.05, 3.63) is 37.0 Å². The lowest BCUT2D eigenvalue weighted by Gasteiger charge is -2.37. The molecule has 1 heterocycles. The molecule has 0 N–H and O–H groups in total. The average molecular weight is 306 g/mol. The second-order valence-electron chi connectivity index (χ2n) is 6.80. The third-order valence-electron chi connectivity index (χ3n) is 3.77. The average Bonchev–Trinajstić information content (AvgIpc) is 2.45. The monoisotopic (exact) mass is 306 g/mol. The minimum absolute atomic E-state index is 0.202. The molecule has 0 spiro atoms. The van der Waals surface area contributed by atoms with E-state index in [2.05, 4.69) is 25.1 Å². The van der Waals surface area contributed by atoms with E-state index in [4.69, 9.17) is 4.74 Å². The van der Waals surface area contributed by atoms with Crippen LogP contribution in [0.5, 0.6) is 0 Å². The molecule has 0 aromatic rings. The lowest BCUT2D eigenvalue weighted by atomic mass is 10.0. The SMILES string of the molecule is C=C/C=C(\C=C)CN(C)C1CCN(C(=O)OC(C)(C)C)CC1. The summed E-state index contributed by atoms with van der Waals surface area (Å²) in [5.74, 6) is 0. The molecule has 1 saturated heterocycles. The molecule has 0 aromatic carbocycles. The Labute approximate surface area is 135 Å². The van der Waals surface area contributed by atoms with Crippen LogP contribution in [-0.4, -0.2) is 54.2 Å². The lowest BCUT2D eigenvalue weighted by molar-refractivity contribution is 0.0161. The molecule has 0 saturated carbocycles. The van der Waals surface area contributed by atoms with Gasteiger partial charge >= 0.3 is 6.09 Å². The summed E-state index contributed by atoms with van der Waals surface area (Å²) in [6.45, 7) is 15.6. The molecule has 1 aliphatic heterocycles. The molecular weight excluding hydrogens is 276 g/mol. The molecule has 0 aromatic heterocycles. The van der Waals surface area contributed by atoms with Crippen molar-refractivity contribution in [2.24, 2.45) is 0 Å². The van der Waals surface area contributed by atoms with Gasteiger partial charge in [0.15, 0.2) is 0 Å². The van der Waals surface area contributed by atoms with Gasteiger partial charge < -0.3 is 9.64 Å². The number of piperidine rings is 1. The van der Waals surface area contributed by atoms with Gasteiger partial charge in [-0.1, -0.05) is 31.4 Å². The van der Waals surface area contributed by atoms with Gasteiger partial charge in [0.2, 0.25) is 0 Å². The van der Waals surface area contributed by atoms with E-state index in [1.165, 1.54) is 0 Å². The minimum atomic E-state index is -0.431. The van der Waals surface area contributed by atoms with E-state index in [0.717, 1.165) is 38.0 Å². The van der Waals surface area contributed by atoms with Crippen molar-refractivity contribution in [2.75, 3.05) is 26.7 Å². The second-order valence-corrected chi connectivity index (χ2v) is 6.80. The fourth-order valence-electron chi connectivity index (χ4n) is 2.57. The largest absolute Gasteiger partial charge is 0.444 e. The molecule has 1 fully saturated rings. The first kappa shape index (κ1) is 18.5. The first-order valence-corrected chi connectivity index (χ1v) is 7.89. The fourth-order valence-corrected chi connectivity index (χ4v) is 2.57. The zero-order valence-electron chi connectivity index (χ0n) is 14.5. The van der Waals surface area contributed by atoms with Crippen LogP contribution in [0.25, 0.3) is 0 Å². The van der Waals surface area contributed by atoms with E-state index in [9.17, 15) is 4.79 Å². The Morgan fingerprint density at radius 1 is 1.32 bits per heavy atom. The number of carbonyl (C=O) groups excluding carboxylic acids is 1. The van der Waals surface area contributed by atoms with Crippen molar-refractivity contribution in [3.63, 3.8) is 0 Å². The molecule has 0 radical (unpaired) electrons. The summed E-state index contributed by atoms with van der Waals surface area (Å²) in [4.78, 5) is 16.2. The van der Waals surface area contributed by atoms with Crippen LogP contribution in [0.3, 0.4) is 0 Å². The predicted octanol–water partition coefficient (Wildman–Crippen LogP) is 3.62. The van der Waals surface area contributed by atoms with Crippen molar-refractivity contribution in [1.29, 1.82) is 0 Å². The maximum atomic E-state index is 12.1. The summed E-state index contributed by atoms with van der Waals surface area (Å²) in [5, 5.41) is 0. The molecule has 22 heavy (non-hydrogen) atoms. The summed E-state index contributed by atoms with van der Waals surface area (Å²) >= 11 is 0. The van der Waals surface area contributed by atoms with Crippen LogP contribution in [-0.2, 0) is 4.74 Å². The number of hydrogen-bond acceptors (Lipinski definition) is 3. The summed E-state index contributed by atoms with van der Waals surface area (Å²) in [6.07, 6.45) is 7.37.